The Morgan fingerprint density at radius 3 is 2.56 bits per heavy atom. The third-order valence-corrected chi connectivity index (χ3v) is 3.92. The van der Waals surface area contributed by atoms with Crippen molar-refractivity contribution < 1.29 is 23.6 Å². The summed E-state index contributed by atoms with van der Waals surface area (Å²) in [5.41, 5.74) is 2.02. The molecule has 3 aromatic rings. The molecule has 7 heteroatoms. The minimum atomic E-state index is -0.510. The normalized spacial score (nSPS) is 10.3. The van der Waals surface area contributed by atoms with Gasteiger partial charge in [0.2, 0.25) is 0 Å². The number of carbonyl (C=O) groups is 2. The highest BCUT2D eigenvalue weighted by Crippen LogP contribution is 2.21. The van der Waals surface area contributed by atoms with Crippen LogP contribution < -0.4 is 10.1 Å². The highest BCUT2D eigenvalue weighted by Gasteiger charge is 2.16. The lowest BCUT2D eigenvalue weighted by molar-refractivity contribution is 0.0597. The molecule has 1 aromatic heterocycles. The minimum absolute atomic E-state index is 0.176. The fourth-order valence-electron chi connectivity index (χ4n) is 2.53. The summed E-state index contributed by atoms with van der Waals surface area (Å²) in [6.07, 6.45) is 0. The second-order valence-electron chi connectivity index (χ2n) is 5.65. The van der Waals surface area contributed by atoms with Gasteiger partial charge in [-0.15, -0.1) is 0 Å². The van der Waals surface area contributed by atoms with Crippen molar-refractivity contribution in [2.24, 2.45) is 0 Å². The Kier molecular flexibility index (Phi) is 5.51. The molecule has 2 aromatic carbocycles. The number of ether oxygens (including phenoxy) is 2. The molecular weight excluding hydrogens is 348 g/mol. The van der Waals surface area contributed by atoms with Gasteiger partial charge in [0.1, 0.15) is 11.3 Å². The van der Waals surface area contributed by atoms with E-state index >= 15 is 0 Å². The van der Waals surface area contributed by atoms with Crippen LogP contribution in [0.1, 0.15) is 26.4 Å². The van der Waals surface area contributed by atoms with Crippen molar-refractivity contribution in [3.63, 3.8) is 0 Å². The fraction of sp³-hybridized carbons (Fsp3) is 0.150. The topological polar surface area (TPSA) is 90.7 Å². The van der Waals surface area contributed by atoms with Gasteiger partial charge in [0.25, 0.3) is 5.91 Å². The molecule has 0 radical (unpaired) electrons. The maximum absolute atomic E-state index is 12.3. The molecule has 0 fully saturated rings. The summed E-state index contributed by atoms with van der Waals surface area (Å²) in [5, 5.41) is 6.56. The van der Waals surface area contributed by atoms with Gasteiger partial charge in [-0.2, -0.15) is 0 Å². The standard InChI is InChI=1S/C20H18N2O5/c1-25-17-9-8-13(10-15(17)20(24)26-2)12-21-19(23)16-11-18(27-22-16)14-6-4-3-5-7-14/h3-11H,12H2,1-2H3,(H,21,23). The molecule has 0 aliphatic carbocycles. The maximum Gasteiger partial charge on any atom is 0.341 e. The van der Waals surface area contributed by atoms with E-state index in [0.717, 1.165) is 11.1 Å². The van der Waals surface area contributed by atoms with Crippen molar-refractivity contribution in [2.45, 2.75) is 6.54 Å². The Bertz CT molecular complexity index is 950. The lowest BCUT2D eigenvalue weighted by atomic mass is 10.1. The van der Waals surface area contributed by atoms with Gasteiger partial charge in [0.05, 0.1) is 14.2 Å². The largest absolute Gasteiger partial charge is 0.496 e. The number of hydrogen-bond donors (Lipinski definition) is 1. The first-order valence-corrected chi connectivity index (χ1v) is 8.18. The molecule has 0 aliphatic heterocycles. The first kappa shape index (κ1) is 18.2. The number of hydrogen-bond acceptors (Lipinski definition) is 6. The summed E-state index contributed by atoms with van der Waals surface area (Å²) in [4.78, 5) is 24.1. The summed E-state index contributed by atoms with van der Waals surface area (Å²) in [7, 11) is 2.77. The van der Waals surface area contributed by atoms with Crippen LogP contribution in [0.3, 0.4) is 0 Å². The molecule has 138 valence electrons. The Morgan fingerprint density at radius 2 is 1.85 bits per heavy atom. The predicted molar refractivity (Wildman–Crippen MR) is 97.4 cm³/mol. The quantitative estimate of drug-likeness (QED) is 0.674. The number of benzene rings is 2. The maximum atomic E-state index is 12.3. The van der Waals surface area contributed by atoms with Gasteiger partial charge in [-0.3, -0.25) is 4.79 Å². The van der Waals surface area contributed by atoms with Crippen LogP contribution in [0, 0.1) is 0 Å². The van der Waals surface area contributed by atoms with E-state index in [1.165, 1.54) is 14.2 Å². The fourth-order valence-corrected chi connectivity index (χ4v) is 2.53. The number of carbonyl (C=O) groups excluding carboxylic acids is 2. The summed E-state index contributed by atoms with van der Waals surface area (Å²) in [5.74, 6) is 0.0273. The number of nitrogens with one attached hydrogen (secondary N) is 1. The Balaban J connectivity index is 1.69. The van der Waals surface area contributed by atoms with E-state index in [9.17, 15) is 9.59 Å². The van der Waals surface area contributed by atoms with Crippen LogP contribution in [-0.2, 0) is 11.3 Å². The van der Waals surface area contributed by atoms with Crippen LogP contribution in [0.15, 0.2) is 59.1 Å². The zero-order valence-electron chi connectivity index (χ0n) is 14.9. The van der Waals surface area contributed by atoms with Crippen LogP contribution in [0.5, 0.6) is 5.75 Å². The lowest BCUT2D eigenvalue weighted by Crippen LogP contribution is -2.23. The molecule has 1 heterocycles. The first-order valence-electron chi connectivity index (χ1n) is 8.18. The van der Waals surface area contributed by atoms with Gasteiger partial charge in [0.15, 0.2) is 11.5 Å². The van der Waals surface area contributed by atoms with Crippen LogP contribution in [-0.4, -0.2) is 31.3 Å². The third kappa shape index (κ3) is 4.14. The van der Waals surface area contributed by atoms with Crippen LogP contribution in [0.2, 0.25) is 0 Å². The highest BCUT2D eigenvalue weighted by molar-refractivity contribution is 5.94. The SMILES string of the molecule is COC(=O)c1cc(CNC(=O)c2cc(-c3ccccc3)on2)ccc1OC. The van der Waals surface area contributed by atoms with E-state index in [1.807, 2.05) is 30.3 Å². The van der Waals surface area contributed by atoms with Crippen molar-refractivity contribution in [3.05, 3.63) is 71.4 Å². The first-order chi connectivity index (χ1) is 13.1. The van der Waals surface area contributed by atoms with Gasteiger partial charge < -0.3 is 19.3 Å². The molecule has 1 amide bonds. The van der Waals surface area contributed by atoms with Gasteiger partial charge in [-0.05, 0) is 17.7 Å². The van der Waals surface area contributed by atoms with E-state index in [0.29, 0.717) is 17.1 Å². The van der Waals surface area contributed by atoms with Gasteiger partial charge in [0, 0.05) is 18.2 Å². The van der Waals surface area contributed by atoms with E-state index in [1.54, 1.807) is 24.3 Å². The van der Waals surface area contributed by atoms with Gasteiger partial charge >= 0.3 is 5.97 Å². The smallest absolute Gasteiger partial charge is 0.341 e. The number of methoxy groups -OCH3 is 2. The monoisotopic (exact) mass is 366 g/mol. The highest BCUT2D eigenvalue weighted by atomic mass is 16.5. The van der Waals surface area contributed by atoms with Crippen molar-refractivity contribution in [1.82, 2.24) is 10.5 Å². The molecule has 27 heavy (non-hydrogen) atoms. The summed E-state index contributed by atoms with van der Waals surface area (Å²) < 4.78 is 15.1. The molecule has 0 unspecified atom stereocenters. The minimum Gasteiger partial charge on any atom is -0.496 e. The van der Waals surface area contributed by atoms with Crippen molar-refractivity contribution in [1.29, 1.82) is 0 Å². The zero-order chi connectivity index (χ0) is 19.2. The van der Waals surface area contributed by atoms with Crippen LogP contribution in [0.25, 0.3) is 11.3 Å². The Labute approximate surface area is 155 Å². The number of aromatic nitrogens is 1. The second-order valence-corrected chi connectivity index (χ2v) is 5.65. The number of amides is 1. The van der Waals surface area contributed by atoms with E-state index in [4.69, 9.17) is 14.0 Å². The molecule has 0 spiro atoms. The zero-order valence-corrected chi connectivity index (χ0v) is 14.9. The molecular formula is C20H18N2O5. The Hall–Kier alpha value is -3.61. The summed E-state index contributed by atoms with van der Waals surface area (Å²) >= 11 is 0. The van der Waals surface area contributed by atoms with E-state index in [2.05, 4.69) is 10.5 Å². The molecule has 0 saturated carbocycles. The van der Waals surface area contributed by atoms with Crippen molar-refractivity contribution >= 4 is 11.9 Å². The molecule has 0 aliphatic rings. The average molecular weight is 366 g/mol. The number of rotatable bonds is 6. The summed E-state index contributed by atoms with van der Waals surface area (Å²) in [6.45, 7) is 0.209. The molecule has 0 atom stereocenters. The molecule has 7 nitrogen and oxygen atoms in total. The Morgan fingerprint density at radius 1 is 1.07 bits per heavy atom. The predicted octanol–water partition coefficient (Wildman–Crippen LogP) is 3.07. The molecule has 3 rings (SSSR count). The number of esters is 1. The molecule has 0 saturated heterocycles. The van der Waals surface area contributed by atoms with Crippen LogP contribution in [0.4, 0.5) is 0 Å². The molecule has 0 bridgehead atoms. The van der Waals surface area contributed by atoms with E-state index in [-0.39, 0.29) is 18.1 Å². The third-order valence-electron chi connectivity index (χ3n) is 3.92. The second kappa shape index (κ2) is 8.18. The van der Waals surface area contributed by atoms with Gasteiger partial charge in [-0.25, -0.2) is 4.79 Å². The lowest BCUT2D eigenvalue weighted by Gasteiger charge is -2.09. The van der Waals surface area contributed by atoms with Crippen molar-refractivity contribution in [2.75, 3.05) is 14.2 Å². The van der Waals surface area contributed by atoms with Gasteiger partial charge in [-0.1, -0.05) is 41.6 Å². The van der Waals surface area contributed by atoms with E-state index < -0.39 is 5.97 Å². The van der Waals surface area contributed by atoms with Crippen LogP contribution >= 0.6 is 0 Å². The average Bonchev–Trinajstić information content (AvgIpc) is 3.22. The summed E-state index contributed by atoms with van der Waals surface area (Å²) in [6, 6.07) is 16.0. The van der Waals surface area contributed by atoms with Crippen molar-refractivity contribution in [3.8, 4) is 17.1 Å². The molecule has 1 N–H and O–H groups in total. The number of nitrogens with zero attached hydrogens (tertiary/aromatic N) is 1.